The summed E-state index contributed by atoms with van der Waals surface area (Å²) in [5.41, 5.74) is 1.91. The van der Waals surface area contributed by atoms with Crippen LogP contribution in [0.5, 0.6) is 0 Å². The van der Waals surface area contributed by atoms with Crippen molar-refractivity contribution in [1.82, 2.24) is 10.3 Å². The maximum Gasteiger partial charge on any atom is 0.200 e. The van der Waals surface area contributed by atoms with E-state index >= 15 is 0 Å². The molecule has 4 heteroatoms. The highest BCUT2D eigenvalue weighted by Gasteiger charge is 2.23. The van der Waals surface area contributed by atoms with Gasteiger partial charge in [-0.3, -0.25) is 0 Å². The van der Waals surface area contributed by atoms with E-state index in [-0.39, 0.29) is 0 Å². The van der Waals surface area contributed by atoms with Crippen molar-refractivity contribution in [3.8, 4) is 11.3 Å². The Labute approximate surface area is 98.4 Å². The molecular weight excluding hydrogens is 224 g/mol. The first kappa shape index (κ1) is 9.87. The van der Waals surface area contributed by atoms with E-state index in [9.17, 15) is 0 Å². The van der Waals surface area contributed by atoms with Gasteiger partial charge in [-0.25, -0.2) is 4.98 Å². The molecule has 3 rings (SSSR count). The van der Waals surface area contributed by atoms with E-state index in [1.54, 1.807) is 6.26 Å². The number of halogens is 1. The van der Waals surface area contributed by atoms with Crippen LogP contribution in [0.2, 0.25) is 5.02 Å². The van der Waals surface area contributed by atoms with Crippen LogP contribution in [-0.2, 0) is 0 Å². The second-order valence-electron chi connectivity index (χ2n) is 3.93. The van der Waals surface area contributed by atoms with Gasteiger partial charge in [0.1, 0.15) is 12.0 Å². The van der Waals surface area contributed by atoms with Gasteiger partial charge >= 0.3 is 0 Å². The predicted molar refractivity (Wildman–Crippen MR) is 62.6 cm³/mol. The molecule has 0 unspecified atom stereocenters. The van der Waals surface area contributed by atoms with Gasteiger partial charge in [0.15, 0.2) is 5.89 Å². The Kier molecular flexibility index (Phi) is 2.42. The highest BCUT2D eigenvalue weighted by molar-refractivity contribution is 6.30. The number of aromatic nitrogens is 1. The quantitative estimate of drug-likeness (QED) is 0.868. The Balaban J connectivity index is 1.88. The van der Waals surface area contributed by atoms with Gasteiger partial charge in [0.05, 0.1) is 5.92 Å². The molecule has 82 valence electrons. The molecule has 0 aliphatic carbocycles. The maximum atomic E-state index is 5.83. The van der Waals surface area contributed by atoms with Gasteiger partial charge in [0.25, 0.3) is 0 Å². The molecule has 2 heterocycles. The van der Waals surface area contributed by atoms with Gasteiger partial charge in [0.2, 0.25) is 0 Å². The molecule has 0 spiro atoms. The summed E-state index contributed by atoms with van der Waals surface area (Å²) in [7, 11) is 0. The van der Waals surface area contributed by atoms with Gasteiger partial charge in [-0.15, -0.1) is 0 Å². The Hall–Kier alpha value is -1.32. The van der Waals surface area contributed by atoms with E-state index in [1.165, 1.54) is 0 Å². The Morgan fingerprint density at radius 2 is 2.00 bits per heavy atom. The summed E-state index contributed by atoms with van der Waals surface area (Å²) in [5.74, 6) is 1.25. The molecule has 0 bridgehead atoms. The zero-order chi connectivity index (χ0) is 11.0. The minimum Gasteiger partial charge on any atom is -0.448 e. The molecule has 16 heavy (non-hydrogen) atoms. The minimum atomic E-state index is 0.432. The largest absolute Gasteiger partial charge is 0.448 e. The second-order valence-corrected chi connectivity index (χ2v) is 4.37. The molecule has 1 saturated heterocycles. The zero-order valence-electron chi connectivity index (χ0n) is 8.61. The lowest BCUT2D eigenvalue weighted by Crippen LogP contribution is -2.40. The fraction of sp³-hybridized carbons (Fsp3) is 0.250. The number of nitrogens with one attached hydrogen (secondary N) is 1. The van der Waals surface area contributed by atoms with Crippen LogP contribution in [0.15, 0.2) is 34.9 Å². The molecule has 1 fully saturated rings. The summed E-state index contributed by atoms with van der Waals surface area (Å²) in [6, 6.07) is 7.61. The van der Waals surface area contributed by atoms with Crippen LogP contribution in [0, 0.1) is 0 Å². The molecule has 1 aromatic carbocycles. The molecule has 1 N–H and O–H groups in total. The van der Waals surface area contributed by atoms with Crippen molar-refractivity contribution in [2.75, 3.05) is 13.1 Å². The van der Waals surface area contributed by atoms with Crippen molar-refractivity contribution >= 4 is 11.6 Å². The Morgan fingerprint density at radius 3 is 2.62 bits per heavy atom. The molecule has 2 aromatic rings. The van der Waals surface area contributed by atoms with Crippen molar-refractivity contribution in [3.05, 3.63) is 41.4 Å². The maximum absolute atomic E-state index is 5.83. The van der Waals surface area contributed by atoms with Crippen LogP contribution in [0.4, 0.5) is 0 Å². The smallest absolute Gasteiger partial charge is 0.200 e. The van der Waals surface area contributed by atoms with Crippen molar-refractivity contribution in [2.24, 2.45) is 0 Å². The zero-order valence-corrected chi connectivity index (χ0v) is 9.37. The molecule has 3 nitrogen and oxygen atoms in total. The van der Waals surface area contributed by atoms with Gasteiger partial charge in [-0.05, 0) is 12.1 Å². The van der Waals surface area contributed by atoms with E-state index in [4.69, 9.17) is 16.0 Å². The van der Waals surface area contributed by atoms with Gasteiger partial charge in [-0.2, -0.15) is 0 Å². The molecule has 1 aliphatic heterocycles. The monoisotopic (exact) mass is 234 g/mol. The van der Waals surface area contributed by atoms with Crippen LogP contribution >= 0.6 is 11.6 Å². The fourth-order valence-electron chi connectivity index (χ4n) is 1.69. The summed E-state index contributed by atoms with van der Waals surface area (Å²) in [4.78, 5) is 4.48. The van der Waals surface area contributed by atoms with Crippen molar-refractivity contribution in [1.29, 1.82) is 0 Å². The minimum absolute atomic E-state index is 0.432. The van der Waals surface area contributed by atoms with Crippen LogP contribution in [0.3, 0.4) is 0 Å². The molecule has 1 aromatic heterocycles. The van der Waals surface area contributed by atoms with Crippen LogP contribution in [0.1, 0.15) is 11.8 Å². The summed E-state index contributed by atoms with van der Waals surface area (Å²) in [6.07, 6.45) is 1.71. The number of oxazole rings is 1. The van der Waals surface area contributed by atoms with Crippen LogP contribution in [-0.4, -0.2) is 18.1 Å². The highest BCUT2D eigenvalue weighted by Crippen LogP contribution is 2.25. The normalized spacial score (nSPS) is 16.1. The molecule has 1 aliphatic rings. The van der Waals surface area contributed by atoms with E-state index in [2.05, 4.69) is 10.3 Å². The number of benzene rings is 1. The van der Waals surface area contributed by atoms with E-state index in [1.807, 2.05) is 24.3 Å². The summed E-state index contributed by atoms with van der Waals surface area (Å²) in [6.45, 7) is 1.92. The third-order valence-corrected chi connectivity index (χ3v) is 3.04. The van der Waals surface area contributed by atoms with Crippen molar-refractivity contribution < 1.29 is 4.42 Å². The Bertz CT molecular complexity index is 488. The topological polar surface area (TPSA) is 38.1 Å². The lowest BCUT2D eigenvalue weighted by molar-refractivity contribution is 0.357. The van der Waals surface area contributed by atoms with Crippen molar-refractivity contribution in [3.63, 3.8) is 0 Å². The number of hydrogen-bond donors (Lipinski definition) is 1. The Morgan fingerprint density at radius 1 is 1.25 bits per heavy atom. The summed E-state index contributed by atoms with van der Waals surface area (Å²) < 4.78 is 5.47. The van der Waals surface area contributed by atoms with Crippen LogP contribution < -0.4 is 5.32 Å². The van der Waals surface area contributed by atoms with E-state index in [0.29, 0.717) is 5.92 Å². The first-order valence-corrected chi connectivity index (χ1v) is 5.63. The van der Waals surface area contributed by atoms with Gasteiger partial charge in [-0.1, -0.05) is 23.7 Å². The molecule has 0 saturated carbocycles. The third-order valence-electron chi connectivity index (χ3n) is 2.79. The lowest BCUT2D eigenvalue weighted by atomic mass is 10.0. The highest BCUT2D eigenvalue weighted by atomic mass is 35.5. The number of nitrogens with zero attached hydrogens (tertiary/aromatic N) is 1. The van der Waals surface area contributed by atoms with E-state index < -0.39 is 0 Å². The average molecular weight is 235 g/mol. The second kappa shape index (κ2) is 3.92. The average Bonchev–Trinajstić information content (AvgIpc) is 2.65. The van der Waals surface area contributed by atoms with Gasteiger partial charge in [0, 0.05) is 23.7 Å². The number of rotatable bonds is 2. The van der Waals surface area contributed by atoms with Gasteiger partial charge < -0.3 is 9.73 Å². The molecule has 0 amide bonds. The predicted octanol–water partition coefficient (Wildman–Crippen LogP) is 2.68. The van der Waals surface area contributed by atoms with E-state index in [0.717, 1.165) is 35.3 Å². The summed E-state index contributed by atoms with van der Waals surface area (Å²) in [5, 5.41) is 3.93. The first-order valence-electron chi connectivity index (χ1n) is 5.25. The van der Waals surface area contributed by atoms with Crippen molar-refractivity contribution in [2.45, 2.75) is 5.92 Å². The molecule has 0 atom stereocenters. The SMILES string of the molecule is Clc1ccc(-c2coc(C3CNC3)n2)cc1. The van der Waals surface area contributed by atoms with Crippen LogP contribution in [0.25, 0.3) is 11.3 Å². The lowest BCUT2D eigenvalue weighted by Gasteiger charge is -2.23. The molecular formula is C12H11ClN2O. The standard InChI is InChI=1S/C12H11ClN2O/c13-10-3-1-8(2-4-10)11-7-16-12(15-11)9-5-14-6-9/h1-4,7,9,14H,5-6H2. The third kappa shape index (κ3) is 1.72. The first-order chi connectivity index (χ1) is 7.83. The number of hydrogen-bond acceptors (Lipinski definition) is 3. The fourth-order valence-corrected chi connectivity index (χ4v) is 1.82. The summed E-state index contributed by atoms with van der Waals surface area (Å²) >= 11 is 5.83. The molecule has 0 radical (unpaired) electrons.